The molecule has 1 atom stereocenters. The molecule has 2 aromatic rings. The highest BCUT2D eigenvalue weighted by molar-refractivity contribution is 5.15. The topological polar surface area (TPSA) is 48.8 Å². The number of aromatic nitrogens is 3. The van der Waals surface area contributed by atoms with Gasteiger partial charge in [-0.3, -0.25) is 4.68 Å². The summed E-state index contributed by atoms with van der Waals surface area (Å²) in [6.45, 7) is 8.21. The highest BCUT2D eigenvalue weighted by Crippen LogP contribution is 2.11. The normalized spacial score (nSPS) is 12.8. The van der Waals surface area contributed by atoms with Gasteiger partial charge in [0.15, 0.2) is 0 Å². The van der Waals surface area contributed by atoms with Crippen molar-refractivity contribution in [1.29, 1.82) is 0 Å². The second kappa shape index (κ2) is 6.75. The summed E-state index contributed by atoms with van der Waals surface area (Å²) < 4.78 is 4.32. The van der Waals surface area contributed by atoms with Gasteiger partial charge in [-0.1, -0.05) is 13.8 Å². The van der Waals surface area contributed by atoms with E-state index in [4.69, 9.17) is 5.73 Å². The van der Waals surface area contributed by atoms with Crippen molar-refractivity contribution in [3.63, 3.8) is 0 Å². The molecule has 0 spiro atoms. The lowest BCUT2D eigenvalue weighted by molar-refractivity contribution is 0.594. The lowest BCUT2D eigenvalue weighted by Crippen LogP contribution is -2.21. The Labute approximate surface area is 121 Å². The van der Waals surface area contributed by atoms with Gasteiger partial charge in [0.25, 0.3) is 0 Å². The van der Waals surface area contributed by atoms with Crippen LogP contribution in [0, 0.1) is 0 Å². The molecule has 2 aromatic heterocycles. The Morgan fingerprint density at radius 2 is 2.10 bits per heavy atom. The Balaban J connectivity index is 2.08. The van der Waals surface area contributed by atoms with Crippen LogP contribution in [0.15, 0.2) is 24.5 Å². The molecular weight excluding hydrogens is 248 g/mol. The first-order valence-electron chi connectivity index (χ1n) is 7.62. The van der Waals surface area contributed by atoms with Crippen LogP contribution in [-0.2, 0) is 25.9 Å². The molecule has 0 fully saturated rings. The molecule has 2 rings (SSSR count). The first kappa shape index (κ1) is 14.9. The second-order valence-electron chi connectivity index (χ2n) is 5.36. The predicted octanol–water partition coefficient (Wildman–Crippen LogP) is 2.60. The summed E-state index contributed by atoms with van der Waals surface area (Å²) >= 11 is 0. The summed E-state index contributed by atoms with van der Waals surface area (Å²) in [6.07, 6.45) is 7.30. The average molecular weight is 274 g/mol. The number of hydrogen-bond acceptors (Lipinski definition) is 2. The Kier molecular flexibility index (Phi) is 5.01. The lowest BCUT2D eigenvalue weighted by atomic mass is 10.1. The third-order valence-electron chi connectivity index (χ3n) is 3.75. The molecule has 0 radical (unpaired) electrons. The van der Waals surface area contributed by atoms with Gasteiger partial charge in [-0.15, -0.1) is 0 Å². The lowest BCUT2D eigenvalue weighted by Gasteiger charge is -2.07. The summed E-state index contributed by atoms with van der Waals surface area (Å²) in [5.74, 6) is 0. The van der Waals surface area contributed by atoms with Crippen LogP contribution in [0.1, 0.15) is 44.1 Å². The fourth-order valence-corrected chi connectivity index (χ4v) is 2.43. The standard InChI is InChI=1S/C16H26N4/c1-4-14(17)9-13-7-8-19(11-13)12-16-10-15(5-2)18-20(16)6-3/h7-8,10-11,14H,4-6,9,12,17H2,1-3H3. The Morgan fingerprint density at radius 1 is 1.30 bits per heavy atom. The van der Waals surface area contributed by atoms with E-state index in [1.807, 2.05) is 0 Å². The molecule has 110 valence electrons. The number of rotatable bonds is 7. The van der Waals surface area contributed by atoms with Crippen LogP contribution in [0.5, 0.6) is 0 Å². The minimum absolute atomic E-state index is 0.263. The minimum Gasteiger partial charge on any atom is -0.348 e. The maximum atomic E-state index is 6.01. The van der Waals surface area contributed by atoms with Gasteiger partial charge in [-0.2, -0.15) is 5.10 Å². The monoisotopic (exact) mass is 274 g/mol. The van der Waals surface area contributed by atoms with Gasteiger partial charge in [0.05, 0.1) is 17.9 Å². The zero-order chi connectivity index (χ0) is 14.5. The molecule has 1 unspecified atom stereocenters. The van der Waals surface area contributed by atoms with Gasteiger partial charge in [-0.05, 0) is 43.9 Å². The number of aryl methyl sites for hydroxylation is 2. The largest absolute Gasteiger partial charge is 0.348 e. The minimum atomic E-state index is 0.263. The summed E-state index contributed by atoms with van der Waals surface area (Å²) in [6, 6.07) is 4.64. The molecule has 0 aliphatic heterocycles. The van der Waals surface area contributed by atoms with Crippen LogP contribution in [0.4, 0.5) is 0 Å². The molecule has 0 amide bonds. The quantitative estimate of drug-likeness (QED) is 0.843. The van der Waals surface area contributed by atoms with Gasteiger partial charge in [0.2, 0.25) is 0 Å². The van der Waals surface area contributed by atoms with E-state index in [1.165, 1.54) is 17.0 Å². The summed E-state index contributed by atoms with van der Waals surface area (Å²) in [7, 11) is 0. The molecule has 0 aromatic carbocycles. The number of nitrogens with zero attached hydrogens (tertiary/aromatic N) is 3. The van der Waals surface area contributed by atoms with Gasteiger partial charge in [0, 0.05) is 25.0 Å². The summed E-state index contributed by atoms with van der Waals surface area (Å²) in [4.78, 5) is 0. The fourth-order valence-electron chi connectivity index (χ4n) is 2.43. The smallest absolute Gasteiger partial charge is 0.0639 e. The molecule has 2 N–H and O–H groups in total. The second-order valence-corrected chi connectivity index (χ2v) is 5.36. The van der Waals surface area contributed by atoms with Crippen LogP contribution in [0.2, 0.25) is 0 Å². The van der Waals surface area contributed by atoms with E-state index >= 15 is 0 Å². The van der Waals surface area contributed by atoms with E-state index in [0.717, 1.165) is 32.4 Å². The van der Waals surface area contributed by atoms with Crippen LogP contribution in [0.25, 0.3) is 0 Å². The Hall–Kier alpha value is -1.55. The van der Waals surface area contributed by atoms with E-state index in [1.54, 1.807) is 0 Å². The van der Waals surface area contributed by atoms with Crippen molar-refractivity contribution in [3.05, 3.63) is 41.5 Å². The molecule has 4 heteroatoms. The first-order chi connectivity index (χ1) is 9.66. The number of nitrogens with two attached hydrogens (primary N) is 1. The van der Waals surface area contributed by atoms with Crippen molar-refractivity contribution in [1.82, 2.24) is 14.3 Å². The van der Waals surface area contributed by atoms with E-state index < -0.39 is 0 Å². The van der Waals surface area contributed by atoms with Gasteiger partial charge >= 0.3 is 0 Å². The highest BCUT2D eigenvalue weighted by atomic mass is 15.3. The van der Waals surface area contributed by atoms with Crippen LogP contribution in [-0.4, -0.2) is 20.4 Å². The van der Waals surface area contributed by atoms with Crippen LogP contribution >= 0.6 is 0 Å². The van der Waals surface area contributed by atoms with Gasteiger partial charge in [-0.25, -0.2) is 0 Å². The van der Waals surface area contributed by atoms with E-state index in [-0.39, 0.29) is 6.04 Å². The van der Waals surface area contributed by atoms with Crippen molar-refractivity contribution in [2.45, 2.75) is 59.2 Å². The van der Waals surface area contributed by atoms with Crippen molar-refractivity contribution in [3.8, 4) is 0 Å². The molecule has 0 saturated heterocycles. The van der Waals surface area contributed by atoms with Crippen molar-refractivity contribution < 1.29 is 0 Å². The SMILES string of the molecule is CCc1cc(Cn2ccc(CC(N)CC)c2)n(CC)n1. The summed E-state index contributed by atoms with van der Waals surface area (Å²) in [5, 5.41) is 4.60. The maximum absolute atomic E-state index is 6.01. The zero-order valence-corrected chi connectivity index (χ0v) is 12.8. The zero-order valence-electron chi connectivity index (χ0n) is 12.8. The van der Waals surface area contributed by atoms with Gasteiger partial charge in [0.1, 0.15) is 0 Å². The maximum Gasteiger partial charge on any atom is 0.0639 e. The molecule has 0 aliphatic rings. The van der Waals surface area contributed by atoms with Crippen LogP contribution in [0.3, 0.4) is 0 Å². The first-order valence-corrected chi connectivity index (χ1v) is 7.62. The average Bonchev–Trinajstić information content (AvgIpc) is 3.05. The molecular formula is C16H26N4. The Bertz CT molecular complexity index is 538. The fraction of sp³-hybridized carbons (Fsp3) is 0.562. The van der Waals surface area contributed by atoms with Crippen molar-refractivity contribution in [2.24, 2.45) is 5.73 Å². The van der Waals surface area contributed by atoms with E-state index in [0.29, 0.717) is 0 Å². The third-order valence-corrected chi connectivity index (χ3v) is 3.75. The van der Waals surface area contributed by atoms with Crippen molar-refractivity contribution >= 4 is 0 Å². The molecule has 0 saturated carbocycles. The number of hydrogen-bond donors (Lipinski definition) is 1. The van der Waals surface area contributed by atoms with Gasteiger partial charge < -0.3 is 10.3 Å². The predicted molar refractivity (Wildman–Crippen MR) is 82.8 cm³/mol. The molecule has 2 heterocycles. The molecule has 4 nitrogen and oxygen atoms in total. The van der Waals surface area contributed by atoms with E-state index in [9.17, 15) is 0 Å². The molecule has 0 aliphatic carbocycles. The van der Waals surface area contributed by atoms with Crippen molar-refractivity contribution in [2.75, 3.05) is 0 Å². The summed E-state index contributed by atoms with van der Waals surface area (Å²) in [5.41, 5.74) is 9.77. The third kappa shape index (κ3) is 3.51. The molecule has 0 bridgehead atoms. The molecule has 20 heavy (non-hydrogen) atoms. The Morgan fingerprint density at radius 3 is 2.75 bits per heavy atom. The van der Waals surface area contributed by atoms with E-state index in [2.05, 4.69) is 59.6 Å². The van der Waals surface area contributed by atoms with Crippen LogP contribution < -0.4 is 5.73 Å². The highest BCUT2D eigenvalue weighted by Gasteiger charge is 2.08.